The molecule has 0 saturated heterocycles. The van der Waals surface area contributed by atoms with Gasteiger partial charge in [-0.25, -0.2) is 4.98 Å². The zero-order chi connectivity index (χ0) is 14.8. The molecule has 0 bridgehead atoms. The van der Waals surface area contributed by atoms with E-state index in [0.717, 1.165) is 19.7 Å². The smallest absolute Gasteiger partial charge is 0.170 e. The number of aromatic nitrogens is 1. The number of ether oxygens (including phenoxy) is 1. The number of carbonyl (C=O) groups is 1. The maximum absolute atomic E-state index is 12.5. The lowest BCUT2D eigenvalue weighted by Crippen LogP contribution is -2.04. The normalized spacial score (nSPS) is 10.8. The van der Waals surface area contributed by atoms with Gasteiger partial charge in [0.1, 0.15) is 10.8 Å². The summed E-state index contributed by atoms with van der Waals surface area (Å²) < 4.78 is 7.05. The van der Waals surface area contributed by atoms with E-state index in [4.69, 9.17) is 4.74 Å². The summed E-state index contributed by atoms with van der Waals surface area (Å²) >= 11 is 4.97. The quantitative estimate of drug-likeness (QED) is 0.642. The maximum atomic E-state index is 12.5. The number of thiazole rings is 1. The second kappa shape index (κ2) is 5.95. The number of fused-ring (bicyclic) bond motifs is 1. The first-order valence-electron chi connectivity index (χ1n) is 6.38. The Labute approximate surface area is 134 Å². The number of hydrogen-bond donors (Lipinski definition) is 0. The van der Waals surface area contributed by atoms with Gasteiger partial charge in [-0.05, 0) is 30.3 Å². The van der Waals surface area contributed by atoms with Crippen LogP contribution in [0, 0.1) is 0 Å². The minimum Gasteiger partial charge on any atom is -0.497 e. The Morgan fingerprint density at radius 3 is 2.86 bits per heavy atom. The van der Waals surface area contributed by atoms with E-state index in [1.165, 1.54) is 0 Å². The summed E-state index contributed by atoms with van der Waals surface area (Å²) in [6.07, 6.45) is 0.297. The minimum atomic E-state index is 0.0276. The summed E-state index contributed by atoms with van der Waals surface area (Å²) in [6, 6.07) is 13.3. The number of rotatable bonds is 4. The lowest BCUT2D eigenvalue weighted by molar-refractivity contribution is 0.0992. The first kappa shape index (κ1) is 14.2. The Morgan fingerprint density at radius 2 is 2.10 bits per heavy atom. The lowest BCUT2D eigenvalue weighted by atomic mass is 10.1. The van der Waals surface area contributed by atoms with Crippen LogP contribution in [0.5, 0.6) is 5.75 Å². The average Bonchev–Trinajstić information content (AvgIpc) is 2.89. The molecule has 0 atom stereocenters. The molecule has 0 spiro atoms. The molecule has 0 saturated carbocycles. The molecular formula is C16H12BrNO2S. The van der Waals surface area contributed by atoms with Crippen LogP contribution in [-0.2, 0) is 6.42 Å². The van der Waals surface area contributed by atoms with Crippen LogP contribution in [0.2, 0.25) is 0 Å². The zero-order valence-corrected chi connectivity index (χ0v) is 13.7. The van der Waals surface area contributed by atoms with Crippen molar-refractivity contribution in [2.24, 2.45) is 0 Å². The maximum Gasteiger partial charge on any atom is 0.170 e. The Morgan fingerprint density at radius 1 is 1.29 bits per heavy atom. The fourth-order valence-corrected chi connectivity index (χ4v) is 3.51. The third kappa shape index (κ3) is 2.99. The highest BCUT2D eigenvalue weighted by molar-refractivity contribution is 9.10. The van der Waals surface area contributed by atoms with Crippen molar-refractivity contribution in [2.45, 2.75) is 6.42 Å². The van der Waals surface area contributed by atoms with Gasteiger partial charge in [0.25, 0.3) is 0 Å². The van der Waals surface area contributed by atoms with E-state index in [9.17, 15) is 4.79 Å². The van der Waals surface area contributed by atoms with Crippen LogP contribution in [0.15, 0.2) is 46.9 Å². The predicted octanol–water partition coefficient (Wildman–Crippen LogP) is 4.49. The summed E-state index contributed by atoms with van der Waals surface area (Å²) in [5.41, 5.74) is 1.56. The molecule has 1 aromatic heterocycles. The largest absolute Gasteiger partial charge is 0.497 e. The van der Waals surface area contributed by atoms with Gasteiger partial charge in [0.2, 0.25) is 0 Å². The van der Waals surface area contributed by atoms with Crippen molar-refractivity contribution in [1.29, 1.82) is 0 Å². The van der Waals surface area contributed by atoms with E-state index in [1.54, 1.807) is 24.5 Å². The molecule has 3 aromatic rings. The van der Waals surface area contributed by atoms with Crippen LogP contribution < -0.4 is 4.74 Å². The highest BCUT2D eigenvalue weighted by Gasteiger charge is 2.14. The molecule has 0 unspecified atom stereocenters. The van der Waals surface area contributed by atoms with Gasteiger partial charge in [-0.2, -0.15) is 0 Å². The van der Waals surface area contributed by atoms with Crippen molar-refractivity contribution in [1.82, 2.24) is 4.98 Å². The van der Waals surface area contributed by atoms with Crippen LogP contribution in [0.4, 0.5) is 0 Å². The number of ketones is 1. The molecule has 2 aromatic carbocycles. The zero-order valence-electron chi connectivity index (χ0n) is 11.3. The van der Waals surface area contributed by atoms with E-state index in [-0.39, 0.29) is 5.78 Å². The number of hydrogen-bond acceptors (Lipinski definition) is 4. The number of Topliss-reactive ketones (excluding diaryl/α,β-unsaturated/α-hetero) is 1. The second-order valence-electron chi connectivity index (χ2n) is 4.52. The Kier molecular flexibility index (Phi) is 4.03. The molecule has 0 N–H and O–H groups in total. The van der Waals surface area contributed by atoms with E-state index in [0.29, 0.717) is 17.7 Å². The van der Waals surface area contributed by atoms with E-state index < -0.39 is 0 Å². The highest BCUT2D eigenvalue weighted by atomic mass is 79.9. The second-order valence-corrected chi connectivity index (χ2v) is 6.49. The van der Waals surface area contributed by atoms with E-state index in [1.807, 2.05) is 36.4 Å². The van der Waals surface area contributed by atoms with Crippen molar-refractivity contribution in [3.63, 3.8) is 0 Å². The monoisotopic (exact) mass is 361 g/mol. The predicted molar refractivity (Wildman–Crippen MR) is 88.3 cm³/mol. The molecule has 0 aliphatic rings. The number of methoxy groups -OCH3 is 1. The fourth-order valence-electron chi connectivity index (χ4n) is 2.07. The van der Waals surface area contributed by atoms with Crippen molar-refractivity contribution in [2.75, 3.05) is 7.11 Å². The molecule has 0 fully saturated rings. The fraction of sp³-hybridized carbons (Fsp3) is 0.125. The van der Waals surface area contributed by atoms with Gasteiger partial charge in [0, 0.05) is 10.0 Å². The summed E-state index contributed by atoms with van der Waals surface area (Å²) in [5.74, 6) is 0.700. The van der Waals surface area contributed by atoms with E-state index >= 15 is 0 Å². The number of para-hydroxylation sites is 1. The third-order valence-electron chi connectivity index (χ3n) is 3.12. The first-order valence-corrected chi connectivity index (χ1v) is 7.99. The number of nitrogens with zero attached hydrogens (tertiary/aromatic N) is 1. The molecule has 0 amide bonds. The van der Waals surface area contributed by atoms with Gasteiger partial charge < -0.3 is 4.74 Å². The van der Waals surface area contributed by atoms with Gasteiger partial charge in [-0.15, -0.1) is 11.3 Å². The standard InChI is InChI=1S/C16H12BrNO2S/c1-20-10-6-7-12(17)11(8-10)14(19)9-16-18-13-4-2-3-5-15(13)21-16/h2-8H,9H2,1H3. The molecule has 3 nitrogen and oxygen atoms in total. The van der Waals surface area contributed by atoms with Gasteiger partial charge >= 0.3 is 0 Å². The molecule has 1 heterocycles. The van der Waals surface area contributed by atoms with Gasteiger partial charge in [0.05, 0.1) is 23.7 Å². The van der Waals surface area contributed by atoms with Gasteiger partial charge in [-0.3, -0.25) is 4.79 Å². The highest BCUT2D eigenvalue weighted by Crippen LogP contribution is 2.26. The Bertz CT molecular complexity index is 780. The molecule has 21 heavy (non-hydrogen) atoms. The summed E-state index contributed by atoms with van der Waals surface area (Å²) in [5, 5.41) is 0.830. The Hall–Kier alpha value is -1.72. The first-order chi connectivity index (χ1) is 10.2. The summed E-state index contributed by atoms with van der Waals surface area (Å²) in [6.45, 7) is 0. The van der Waals surface area contributed by atoms with Gasteiger partial charge in [-0.1, -0.05) is 28.1 Å². The summed E-state index contributed by atoms with van der Waals surface area (Å²) in [7, 11) is 1.59. The third-order valence-corrected chi connectivity index (χ3v) is 4.85. The molecular weight excluding hydrogens is 350 g/mol. The van der Waals surface area contributed by atoms with Crippen LogP contribution in [-0.4, -0.2) is 17.9 Å². The number of benzene rings is 2. The van der Waals surface area contributed by atoms with Crippen LogP contribution in [0.25, 0.3) is 10.2 Å². The van der Waals surface area contributed by atoms with Crippen molar-refractivity contribution >= 4 is 43.3 Å². The van der Waals surface area contributed by atoms with Crippen LogP contribution in [0.3, 0.4) is 0 Å². The van der Waals surface area contributed by atoms with Crippen molar-refractivity contribution < 1.29 is 9.53 Å². The minimum absolute atomic E-state index is 0.0276. The SMILES string of the molecule is COc1ccc(Br)c(C(=O)Cc2nc3ccccc3s2)c1. The molecule has 0 aliphatic heterocycles. The van der Waals surface area contributed by atoms with Gasteiger partial charge in [0.15, 0.2) is 5.78 Å². The van der Waals surface area contributed by atoms with Crippen LogP contribution >= 0.6 is 27.3 Å². The van der Waals surface area contributed by atoms with E-state index in [2.05, 4.69) is 20.9 Å². The molecule has 0 aliphatic carbocycles. The average molecular weight is 362 g/mol. The van der Waals surface area contributed by atoms with Crippen LogP contribution in [0.1, 0.15) is 15.4 Å². The number of carbonyl (C=O) groups excluding carboxylic acids is 1. The Balaban J connectivity index is 1.89. The lowest BCUT2D eigenvalue weighted by Gasteiger charge is -2.05. The molecule has 106 valence electrons. The molecule has 0 radical (unpaired) electrons. The number of halogens is 1. The topological polar surface area (TPSA) is 39.2 Å². The van der Waals surface area contributed by atoms with Crippen molar-refractivity contribution in [3.8, 4) is 5.75 Å². The molecule has 5 heteroatoms. The molecule has 3 rings (SSSR count). The summed E-state index contributed by atoms with van der Waals surface area (Å²) in [4.78, 5) is 17.0. The van der Waals surface area contributed by atoms with Crippen molar-refractivity contribution in [3.05, 3.63) is 57.5 Å².